The van der Waals surface area contributed by atoms with E-state index in [-0.39, 0.29) is 25.3 Å². The molecule has 0 unspecified atom stereocenters. The van der Waals surface area contributed by atoms with E-state index in [2.05, 4.69) is 5.32 Å². The second kappa shape index (κ2) is 7.44. The standard InChI is InChI=1S/C17H23N3O4/c1-10-5-3-4-6-12(10)7-14(16(18)23)19-17(24)15-8-13(22)9-20(15)11(2)21/h3-6,13-15,22H,7-9H2,1-2H3,(H2,18,23)(H,19,24)/t13-,14-,15+/m1/s1. The maximum Gasteiger partial charge on any atom is 0.243 e. The number of rotatable bonds is 5. The number of nitrogens with zero attached hydrogens (tertiary/aromatic N) is 1. The van der Waals surface area contributed by atoms with Crippen LogP contribution in [0.4, 0.5) is 0 Å². The fourth-order valence-corrected chi connectivity index (χ4v) is 2.96. The van der Waals surface area contributed by atoms with Crippen molar-refractivity contribution in [2.75, 3.05) is 6.54 Å². The van der Waals surface area contributed by atoms with Crippen LogP contribution in [0.3, 0.4) is 0 Å². The van der Waals surface area contributed by atoms with Crippen molar-refractivity contribution < 1.29 is 19.5 Å². The SMILES string of the molecule is CC(=O)N1C[C@H](O)C[C@H]1C(=O)N[C@H](Cc1ccccc1C)C(N)=O. The van der Waals surface area contributed by atoms with E-state index in [1.54, 1.807) is 0 Å². The fraction of sp³-hybridized carbons (Fsp3) is 0.471. The first kappa shape index (κ1) is 17.9. The summed E-state index contributed by atoms with van der Waals surface area (Å²) in [7, 11) is 0. The van der Waals surface area contributed by atoms with E-state index in [4.69, 9.17) is 5.73 Å². The molecule has 24 heavy (non-hydrogen) atoms. The van der Waals surface area contributed by atoms with Gasteiger partial charge in [-0.3, -0.25) is 14.4 Å². The summed E-state index contributed by atoms with van der Waals surface area (Å²) in [6, 6.07) is 5.88. The number of nitrogens with two attached hydrogens (primary N) is 1. The van der Waals surface area contributed by atoms with Crippen LogP contribution in [-0.2, 0) is 20.8 Å². The fourth-order valence-electron chi connectivity index (χ4n) is 2.96. The molecule has 0 aliphatic carbocycles. The molecule has 0 aromatic heterocycles. The molecule has 2 rings (SSSR count). The van der Waals surface area contributed by atoms with Gasteiger partial charge in [0.25, 0.3) is 0 Å². The molecule has 1 aliphatic rings. The highest BCUT2D eigenvalue weighted by Gasteiger charge is 2.38. The predicted molar refractivity (Wildman–Crippen MR) is 87.8 cm³/mol. The van der Waals surface area contributed by atoms with Crippen LogP contribution in [-0.4, -0.2) is 52.5 Å². The van der Waals surface area contributed by atoms with E-state index < -0.39 is 30.0 Å². The van der Waals surface area contributed by atoms with Crippen molar-refractivity contribution in [3.8, 4) is 0 Å². The number of primary amides is 1. The van der Waals surface area contributed by atoms with Crippen LogP contribution >= 0.6 is 0 Å². The Balaban J connectivity index is 2.10. The van der Waals surface area contributed by atoms with Crippen LogP contribution < -0.4 is 11.1 Å². The van der Waals surface area contributed by atoms with Gasteiger partial charge in [-0.25, -0.2) is 0 Å². The van der Waals surface area contributed by atoms with E-state index in [9.17, 15) is 19.5 Å². The number of aliphatic hydroxyl groups excluding tert-OH is 1. The molecule has 1 aromatic rings. The Hall–Kier alpha value is -2.41. The molecule has 1 aliphatic heterocycles. The maximum atomic E-state index is 12.5. The molecule has 3 amide bonds. The first-order chi connectivity index (χ1) is 11.3. The Morgan fingerprint density at radius 1 is 1.38 bits per heavy atom. The van der Waals surface area contributed by atoms with Crippen molar-refractivity contribution in [3.63, 3.8) is 0 Å². The number of hydrogen-bond donors (Lipinski definition) is 3. The molecule has 0 saturated carbocycles. The molecule has 7 heteroatoms. The summed E-state index contributed by atoms with van der Waals surface area (Å²) in [6.45, 7) is 3.38. The maximum absolute atomic E-state index is 12.5. The van der Waals surface area contributed by atoms with E-state index >= 15 is 0 Å². The third-order valence-corrected chi connectivity index (χ3v) is 4.33. The van der Waals surface area contributed by atoms with Gasteiger partial charge >= 0.3 is 0 Å². The molecular formula is C17H23N3O4. The predicted octanol–water partition coefficient (Wildman–Crippen LogP) is -0.511. The van der Waals surface area contributed by atoms with Gasteiger partial charge in [-0.05, 0) is 18.1 Å². The quantitative estimate of drug-likeness (QED) is 0.673. The van der Waals surface area contributed by atoms with Crippen molar-refractivity contribution >= 4 is 17.7 Å². The lowest BCUT2D eigenvalue weighted by molar-refractivity contribution is -0.138. The zero-order valence-corrected chi connectivity index (χ0v) is 13.9. The Morgan fingerprint density at radius 3 is 2.62 bits per heavy atom. The Kier molecular flexibility index (Phi) is 5.56. The van der Waals surface area contributed by atoms with Crippen molar-refractivity contribution in [1.29, 1.82) is 0 Å². The topological polar surface area (TPSA) is 113 Å². The summed E-state index contributed by atoms with van der Waals surface area (Å²) in [4.78, 5) is 37.1. The Bertz CT molecular complexity index is 646. The van der Waals surface area contributed by atoms with Crippen LogP contribution in [0.2, 0.25) is 0 Å². The lowest BCUT2D eigenvalue weighted by atomic mass is 10.0. The van der Waals surface area contributed by atoms with Crippen LogP contribution in [0, 0.1) is 6.92 Å². The largest absolute Gasteiger partial charge is 0.391 e. The molecule has 1 heterocycles. The Labute approximate surface area is 140 Å². The van der Waals surface area contributed by atoms with Crippen LogP contribution in [0.25, 0.3) is 0 Å². The number of aryl methyl sites for hydroxylation is 1. The summed E-state index contributed by atoms with van der Waals surface area (Å²) in [5.74, 6) is -1.40. The summed E-state index contributed by atoms with van der Waals surface area (Å²) in [5.41, 5.74) is 7.33. The number of aliphatic hydroxyl groups is 1. The number of carbonyl (C=O) groups excluding carboxylic acids is 3. The van der Waals surface area contributed by atoms with E-state index in [1.165, 1.54) is 11.8 Å². The van der Waals surface area contributed by atoms with Crippen molar-refractivity contribution in [2.45, 2.75) is 44.9 Å². The van der Waals surface area contributed by atoms with Gasteiger partial charge in [-0.1, -0.05) is 24.3 Å². The minimum absolute atomic E-state index is 0.118. The summed E-state index contributed by atoms with van der Waals surface area (Å²) in [6.07, 6.45) is -0.308. The van der Waals surface area contributed by atoms with Gasteiger partial charge in [0.2, 0.25) is 17.7 Å². The van der Waals surface area contributed by atoms with Crippen molar-refractivity contribution in [1.82, 2.24) is 10.2 Å². The third-order valence-electron chi connectivity index (χ3n) is 4.33. The molecule has 0 spiro atoms. The number of carbonyl (C=O) groups is 3. The number of hydrogen-bond acceptors (Lipinski definition) is 4. The second-order valence-corrected chi connectivity index (χ2v) is 6.17. The molecule has 1 fully saturated rings. The summed E-state index contributed by atoms with van der Waals surface area (Å²) < 4.78 is 0. The van der Waals surface area contributed by atoms with Gasteiger partial charge in [0, 0.05) is 26.3 Å². The smallest absolute Gasteiger partial charge is 0.243 e. The molecule has 1 saturated heterocycles. The molecule has 4 N–H and O–H groups in total. The van der Waals surface area contributed by atoms with Gasteiger partial charge in [-0.15, -0.1) is 0 Å². The number of amides is 3. The van der Waals surface area contributed by atoms with Crippen LogP contribution in [0.5, 0.6) is 0 Å². The summed E-state index contributed by atoms with van der Waals surface area (Å²) in [5, 5.41) is 12.3. The lowest BCUT2D eigenvalue weighted by Gasteiger charge is -2.24. The Morgan fingerprint density at radius 2 is 2.04 bits per heavy atom. The summed E-state index contributed by atoms with van der Waals surface area (Å²) >= 11 is 0. The molecule has 3 atom stereocenters. The monoisotopic (exact) mass is 333 g/mol. The second-order valence-electron chi connectivity index (χ2n) is 6.17. The third kappa shape index (κ3) is 4.11. The highest BCUT2D eigenvalue weighted by atomic mass is 16.3. The van der Waals surface area contributed by atoms with Crippen LogP contribution in [0.1, 0.15) is 24.5 Å². The first-order valence-corrected chi connectivity index (χ1v) is 7.89. The number of nitrogens with one attached hydrogen (secondary N) is 1. The zero-order valence-electron chi connectivity index (χ0n) is 13.9. The van der Waals surface area contributed by atoms with E-state index in [0.29, 0.717) is 0 Å². The average molecular weight is 333 g/mol. The highest BCUT2D eigenvalue weighted by molar-refractivity contribution is 5.91. The zero-order chi connectivity index (χ0) is 17.9. The average Bonchev–Trinajstić information content (AvgIpc) is 2.91. The van der Waals surface area contributed by atoms with Gasteiger partial charge in [0.1, 0.15) is 12.1 Å². The normalized spacial score (nSPS) is 21.4. The van der Waals surface area contributed by atoms with Crippen molar-refractivity contribution in [3.05, 3.63) is 35.4 Å². The van der Waals surface area contributed by atoms with Crippen molar-refractivity contribution in [2.24, 2.45) is 5.73 Å². The molecule has 0 radical (unpaired) electrons. The van der Waals surface area contributed by atoms with Gasteiger partial charge in [-0.2, -0.15) is 0 Å². The minimum Gasteiger partial charge on any atom is -0.391 e. The molecule has 0 bridgehead atoms. The first-order valence-electron chi connectivity index (χ1n) is 7.89. The van der Waals surface area contributed by atoms with E-state index in [0.717, 1.165) is 11.1 Å². The van der Waals surface area contributed by atoms with Gasteiger partial charge in [0.05, 0.1) is 6.10 Å². The molecular weight excluding hydrogens is 310 g/mol. The molecule has 130 valence electrons. The van der Waals surface area contributed by atoms with Gasteiger partial charge < -0.3 is 21.1 Å². The molecule has 1 aromatic carbocycles. The van der Waals surface area contributed by atoms with E-state index in [1.807, 2.05) is 31.2 Å². The number of benzene rings is 1. The number of likely N-dealkylation sites (tertiary alicyclic amines) is 1. The van der Waals surface area contributed by atoms with Gasteiger partial charge in [0.15, 0.2) is 0 Å². The number of β-amino-alcohol motifs (C(OH)–C–C–N with tert-alkyl or cyclic N) is 1. The lowest BCUT2D eigenvalue weighted by Crippen LogP contribution is -2.52. The minimum atomic E-state index is -0.870. The molecule has 7 nitrogen and oxygen atoms in total. The van der Waals surface area contributed by atoms with Crippen LogP contribution in [0.15, 0.2) is 24.3 Å². The highest BCUT2D eigenvalue weighted by Crippen LogP contribution is 2.19.